The van der Waals surface area contributed by atoms with Gasteiger partial charge in [-0.2, -0.15) is 0 Å². The summed E-state index contributed by atoms with van der Waals surface area (Å²) >= 11 is 0. The van der Waals surface area contributed by atoms with Crippen molar-refractivity contribution in [3.8, 4) is 44.5 Å². The smallest absolute Gasteiger partial charge is 0.143 e. The highest BCUT2D eigenvalue weighted by atomic mass is 16.3. The van der Waals surface area contributed by atoms with Gasteiger partial charge < -0.3 is 13.7 Å². The van der Waals surface area contributed by atoms with Crippen LogP contribution in [0.2, 0.25) is 0 Å². The molecule has 0 saturated carbocycles. The summed E-state index contributed by atoms with van der Waals surface area (Å²) in [5.74, 6) is 0. The third-order valence-corrected chi connectivity index (χ3v) is 13.9. The molecule has 2 heterocycles. The van der Waals surface area contributed by atoms with E-state index in [2.05, 4.69) is 217 Å². The average molecular weight is 816 g/mol. The lowest BCUT2D eigenvalue weighted by molar-refractivity contribution is 0.668. The van der Waals surface area contributed by atoms with Crippen molar-refractivity contribution in [3.05, 3.63) is 247 Å². The molecular formula is C61H37NO2. The highest BCUT2D eigenvalue weighted by Crippen LogP contribution is 2.66. The van der Waals surface area contributed by atoms with Gasteiger partial charge in [-0.15, -0.1) is 0 Å². The van der Waals surface area contributed by atoms with E-state index in [1.807, 2.05) is 12.1 Å². The van der Waals surface area contributed by atoms with Crippen molar-refractivity contribution >= 4 is 60.9 Å². The highest BCUT2D eigenvalue weighted by molar-refractivity contribution is 6.14. The highest BCUT2D eigenvalue weighted by Gasteiger charge is 2.53. The van der Waals surface area contributed by atoms with E-state index in [-0.39, 0.29) is 0 Å². The number of rotatable bonds is 5. The lowest BCUT2D eigenvalue weighted by atomic mass is 9.70. The van der Waals surface area contributed by atoms with Gasteiger partial charge in [0.05, 0.1) is 11.1 Å². The van der Waals surface area contributed by atoms with Gasteiger partial charge in [-0.3, -0.25) is 0 Å². The fourth-order valence-corrected chi connectivity index (χ4v) is 11.3. The molecule has 1 spiro atoms. The Bertz CT molecular complexity index is 3840. The molecule has 64 heavy (non-hydrogen) atoms. The zero-order valence-electron chi connectivity index (χ0n) is 34.6. The van der Waals surface area contributed by atoms with E-state index in [0.29, 0.717) is 0 Å². The molecule has 2 aliphatic carbocycles. The molecule has 3 nitrogen and oxygen atoms in total. The molecular weight excluding hydrogens is 779 g/mol. The maximum atomic E-state index is 6.82. The van der Waals surface area contributed by atoms with Crippen LogP contribution in [0, 0.1) is 0 Å². The zero-order valence-corrected chi connectivity index (χ0v) is 34.6. The number of para-hydroxylation sites is 2. The van der Waals surface area contributed by atoms with Crippen LogP contribution in [0.1, 0.15) is 22.3 Å². The minimum atomic E-state index is -0.556. The van der Waals surface area contributed by atoms with Crippen LogP contribution >= 0.6 is 0 Å². The van der Waals surface area contributed by atoms with Crippen LogP contribution in [0.5, 0.6) is 0 Å². The fourth-order valence-electron chi connectivity index (χ4n) is 11.3. The van der Waals surface area contributed by atoms with E-state index in [4.69, 9.17) is 8.83 Å². The van der Waals surface area contributed by atoms with Gasteiger partial charge in [0.15, 0.2) is 0 Å². The number of furan rings is 2. The molecule has 0 amide bonds. The molecule has 0 aliphatic heterocycles. The second-order valence-electron chi connectivity index (χ2n) is 17.1. The van der Waals surface area contributed by atoms with E-state index in [1.54, 1.807) is 0 Å². The number of hydrogen-bond donors (Lipinski definition) is 0. The van der Waals surface area contributed by atoms with E-state index < -0.39 is 5.41 Å². The Morgan fingerprint density at radius 3 is 1.59 bits per heavy atom. The lowest BCUT2D eigenvalue weighted by Gasteiger charge is -2.32. The lowest BCUT2D eigenvalue weighted by Crippen LogP contribution is -2.26. The van der Waals surface area contributed by atoms with Gasteiger partial charge in [0.1, 0.15) is 22.3 Å². The van der Waals surface area contributed by atoms with E-state index in [0.717, 1.165) is 72.1 Å². The first-order chi connectivity index (χ1) is 31.8. The van der Waals surface area contributed by atoms with Gasteiger partial charge in [-0.1, -0.05) is 176 Å². The Balaban J connectivity index is 1.00. The summed E-state index contributed by atoms with van der Waals surface area (Å²) in [6.45, 7) is 0. The van der Waals surface area contributed by atoms with E-state index in [1.165, 1.54) is 55.6 Å². The van der Waals surface area contributed by atoms with Crippen molar-refractivity contribution in [1.29, 1.82) is 0 Å². The summed E-state index contributed by atoms with van der Waals surface area (Å²) in [6, 6.07) is 81.4. The van der Waals surface area contributed by atoms with Crippen molar-refractivity contribution in [1.82, 2.24) is 0 Å². The number of benzene rings is 10. The molecule has 2 aliphatic rings. The fraction of sp³-hybridized carbons (Fsp3) is 0.0164. The van der Waals surface area contributed by atoms with Crippen molar-refractivity contribution in [2.24, 2.45) is 0 Å². The molecule has 3 heteroatoms. The normalized spacial score (nSPS) is 14.6. The Hall–Kier alpha value is -8.40. The SMILES string of the molecule is c1ccc(-c2ccc(N(c3ccc(-c4cccc5oc6ccccc6c45)cc3)c3cccc4c3-c3ccccc3C43c4ccccc4-c4c3ccc3c4oc4ccccc43)cc2)cc1. The second kappa shape index (κ2) is 13.3. The summed E-state index contributed by atoms with van der Waals surface area (Å²) in [7, 11) is 0. The van der Waals surface area contributed by atoms with E-state index >= 15 is 0 Å². The topological polar surface area (TPSA) is 29.5 Å². The number of hydrogen-bond acceptors (Lipinski definition) is 3. The zero-order chi connectivity index (χ0) is 41.9. The van der Waals surface area contributed by atoms with Crippen LogP contribution in [0.4, 0.5) is 17.1 Å². The Labute approximate surface area is 369 Å². The summed E-state index contributed by atoms with van der Waals surface area (Å²) in [5.41, 5.74) is 21.0. The van der Waals surface area contributed by atoms with Crippen molar-refractivity contribution in [2.75, 3.05) is 4.90 Å². The standard InChI is InChI=1S/C61H37NO2/c1-2-14-38(15-3-1)39-28-32-41(33-29-39)62(42-34-30-40(31-35-42)43-20-12-27-56-57(43)48-19-7-11-26-55(48)63-56)53-24-13-23-51-58(53)46-17-4-8-21-49(46)61(51)50-22-9-5-18-47(50)59-52(61)37-36-45-44-16-6-10-25-54(44)64-60(45)59/h1-37H. The Kier molecular flexibility index (Phi) is 7.32. The van der Waals surface area contributed by atoms with E-state index in [9.17, 15) is 0 Å². The first kappa shape index (κ1) is 35.2. The third-order valence-electron chi connectivity index (χ3n) is 13.9. The van der Waals surface area contributed by atoms with Gasteiger partial charge in [0, 0.05) is 44.0 Å². The minimum absolute atomic E-state index is 0.556. The average Bonchev–Trinajstić information content (AvgIpc) is 4.10. The van der Waals surface area contributed by atoms with Crippen LogP contribution in [0.15, 0.2) is 233 Å². The van der Waals surface area contributed by atoms with Crippen LogP contribution in [-0.4, -0.2) is 0 Å². The largest absolute Gasteiger partial charge is 0.456 e. The van der Waals surface area contributed by atoms with Crippen molar-refractivity contribution in [2.45, 2.75) is 5.41 Å². The second-order valence-corrected chi connectivity index (χ2v) is 17.1. The molecule has 0 fully saturated rings. The van der Waals surface area contributed by atoms with Crippen LogP contribution < -0.4 is 4.90 Å². The van der Waals surface area contributed by atoms with Crippen LogP contribution in [-0.2, 0) is 5.41 Å². The number of fused-ring (bicyclic) bond motifs is 17. The predicted molar refractivity (Wildman–Crippen MR) is 263 cm³/mol. The summed E-state index contributed by atoms with van der Waals surface area (Å²) in [6.07, 6.45) is 0. The quantitative estimate of drug-likeness (QED) is 0.173. The minimum Gasteiger partial charge on any atom is -0.456 e. The van der Waals surface area contributed by atoms with Crippen LogP contribution in [0.3, 0.4) is 0 Å². The molecule has 12 aromatic rings. The molecule has 10 aromatic carbocycles. The molecule has 2 aromatic heterocycles. The molecule has 298 valence electrons. The molecule has 1 atom stereocenters. The molecule has 14 rings (SSSR count). The molecule has 0 bridgehead atoms. The van der Waals surface area contributed by atoms with Gasteiger partial charge in [-0.25, -0.2) is 0 Å². The maximum Gasteiger partial charge on any atom is 0.143 e. The number of anilines is 3. The monoisotopic (exact) mass is 815 g/mol. The van der Waals surface area contributed by atoms with Gasteiger partial charge in [-0.05, 0) is 104 Å². The maximum absolute atomic E-state index is 6.82. The van der Waals surface area contributed by atoms with Crippen molar-refractivity contribution < 1.29 is 8.83 Å². The first-order valence-electron chi connectivity index (χ1n) is 22.0. The van der Waals surface area contributed by atoms with Gasteiger partial charge >= 0.3 is 0 Å². The summed E-state index contributed by atoms with van der Waals surface area (Å²) in [5, 5.41) is 4.55. The number of nitrogens with zero attached hydrogens (tertiary/aromatic N) is 1. The van der Waals surface area contributed by atoms with Gasteiger partial charge in [0.2, 0.25) is 0 Å². The molecule has 0 saturated heterocycles. The Morgan fingerprint density at radius 1 is 0.312 bits per heavy atom. The van der Waals surface area contributed by atoms with Crippen molar-refractivity contribution in [3.63, 3.8) is 0 Å². The molecule has 0 radical (unpaired) electrons. The third kappa shape index (κ3) is 4.76. The molecule has 0 N–H and O–H groups in total. The summed E-state index contributed by atoms with van der Waals surface area (Å²) in [4.78, 5) is 2.45. The summed E-state index contributed by atoms with van der Waals surface area (Å²) < 4.78 is 13.1. The predicted octanol–water partition coefficient (Wildman–Crippen LogP) is 16.6. The first-order valence-corrected chi connectivity index (χ1v) is 22.0. The Morgan fingerprint density at radius 2 is 0.844 bits per heavy atom. The van der Waals surface area contributed by atoms with Gasteiger partial charge in [0.25, 0.3) is 0 Å². The van der Waals surface area contributed by atoms with Crippen LogP contribution in [0.25, 0.3) is 88.4 Å². The molecule has 1 unspecified atom stereocenters.